The van der Waals surface area contributed by atoms with Gasteiger partial charge in [-0.15, -0.1) is 0 Å². The Morgan fingerprint density at radius 1 is 1.37 bits per heavy atom. The van der Waals surface area contributed by atoms with Gasteiger partial charge in [0, 0.05) is 12.7 Å². The second kappa shape index (κ2) is 4.89. The molecule has 0 aliphatic carbocycles. The topological polar surface area (TPSA) is 84.2 Å². The van der Waals surface area contributed by atoms with E-state index in [-0.39, 0.29) is 0 Å². The van der Waals surface area contributed by atoms with Crippen molar-refractivity contribution >= 4 is 11.6 Å². The Kier molecular flexibility index (Phi) is 3.28. The number of hydrogen-bond acceptors (Lipinski definition) is 4. The molecule has 2 N–H and O–H groups in total. The average molecular weight is 263 g/mol. The van der Waals surface area contributed by atoms with Gasteiger partial charge in [0.05, 0.1) is 6.20 Å². The standard InChI is InChI=1S/C12H10FN3O3/c1-16-12(19)10(9(17)6-14-16)11(18)15-8-4-2-7(13)3-5-8/h2-6,17H,1H3,(H,15,18). The van der Waals surface area contributed by atoms with Gasteiger partial charge in [0.1, 0.15) is 11.4 Å². The second-order valence-corrected chi connectivity index (χ2v) is 3.79. The Labute approximate surface area is 107 Å². The maximum absolute atomic E-state index is 12.7. The largest absolute Gasteiger partial charge is 0.505 e. The van der Waals surface area contributed by atoms with Crippen LogP contribution in [-0.2, 0) is 7.05 Å². The van der Waals surface area contributed by atoms with Crippen LogP contribution in [0.2, 0.25) is 0 Å². The van der Waals surface area contributed by atoms with Crippen molar-refractivity contribution in [3.8, 4) is 5.75 Å². The van der Waals surface area contributed by atoms with E-state index in [0.29, 0.717) is 5.69 Å². The zero-order chi connectivity index (χ0) is 14.0. The summed E-state index contributed by atoms with van der Waals surface area (Å²) >= 11 is 0. The fourth-order valence-corrected chi connectivity index (χ4v) is 1.47. The van der Waals surface area contributed by atoms with Crippen LogP contribution in [0.15, 0.2) is 35.3 Å². The molecule has 1 amide bonds. The lowest BCUT2D eigenvalue weighted by molar-refractivity contribution is 0.102. The Morgan fingerprint density at radius 3 is 2.63 bits per heavy atom. The van der Waals surface area contributed by atoms with Crippen LogP contribution in [0, 0.1) is 5.82 Å². The van der Waals surface area contributed by atoms with Gasteiger partial charge in [0.15, 0.2) is 5.75 Å². The van der Waals surface area contributed by atoms with Crippen LogP contribution in [0.3, 0.4) is 0 Å². The van der Waals surface area contributed by atoms with Crippen LogP contribution in [0.5, 0.6) is 5.75 Å². The fourth-order valence-electron chi connectivity index (χ4n) is 1.47. The molecular formula is C12H10FN3O3. The molecule has 0 saturated carbocycles. The maximum Gasteiger partial charge on any atom is 0.283 e. The molecule has 1 aromatic heterocycles. The molecule has 0 saturated heterocycles. The molecule has 19 heavy (non-hydrogen) atoms. The molecule has 0 atom stereocenters. The highest BCUT2D eigenvalue weighted by molar-refractivity contribution is 6.05. The Bertz CT molecular complexity index is 680. The predicted molar refractivity (Wildman–Crippen MR) is 65.5 cm³/mol. The van der Waals surface area contributed by atoms with Gasteiger partial charge in [-0.05, 0) is 24.3 Å². The number of nitrogens with one attached hydrogen (secondary N) is 1. The van der Waals surface area contributed by atoms with Gasteiger partial charge in [0.2, 0.25) is 0 Å². The van der Waals surface area contributed by atoms with E-state index in [2.05, 4.69) is 10.4 Å². The predicted octanol–water partition coefficient (Wildman–Crippen LogP) is 0.877. The highest BCUT2D eigenvalue weighted by Crippen LogP contribution is 2.14. The monoisotopic (exact) mass is 263 g/mol. The van der Waals surface area contributed by atoms with Crippen molar-refractivity contribution in [1.82, 2.24) is 9.78 Å². The van der Waals surface area contributed by atoms with Crippen LogP contribution in [-0.4, -0.2) is 20.8 Å². The highest BCUT2D eigenvalue weighted by Gasteiger charge is 2.17. The molecule has 2 aromatic rings. The first-order valence-corrected chi connectivity index (χ1v) is 5.31. The summed E-state index contributed by atoms with van der Waals surface area (Å²) in [5.41, 5.74) is -0.828. The quantitative estimate of drug-likeness (QED) is 0.842. The molecule has 0 aliphatic rings. The minimum absolute atomic E-state index is 0.310. The molecule has 0 bridgehead atoms. The molecular weight excluding hydrogens is 253 g/mol. The third-order valence-electron chi connectivity index (χ3n) is 2.45. The molecule has 7 heteroatoms. The van der Waals surface area contributed by atoms with Crippen molar-refractivity contribution in [2.75, 3.05) is 5.32 Å². The molecule has 1 heterocycles. The number of carbonyl (C=O) groups excluding carboxylic acids is 1. The van der Waals surface area contributed by atoms with Gasteiger partial charge in [-0.3, -0.25) is 9.59 Å². The number of aromatic hydroxyl groups is 1. The Morgan fingerprint density at radius 2 is 2.00 bits per heavy atom. The molecule has 1 aromatic carbocycles. The number of halogens is 1. The molecule has 0 radical (unpaired) electrons. The molecule has 0 fully saturated rings. The summed E-state index contributed by atoms with van der Waals surface area (Å²) in [4.78, 5) is 23.6. The number of aromatic nitrogens is 2. The number of anilines is 1. The van der Waals surface area contributed by atoms with E-state index in [1.165, 1.54) is 31.3 Å². The lowest BCUT2D eigenvalue weighted by atomic mass is 10.2. The SMILES string of the molecule is Cn1ncc(O)c(C(=O)Nc2ccc(F)cc2)c1=O. The van der Waals surface area contributed by atoms with Crippen LogP contribution in [0.4, 0.5) is 10.1 Å². The van der Waals surface area contributed by atoms with E-state index in [4.69, 9.17) is 0 Å². The van der Waals surface area contributed by atoms with Crippen molar-refractivity contribution in [1.29, 1.82) is 0 Å². The first-order chi connectivity index (χ1) is 8.99. The molecule has 6 nitrogen and oxygen atoms in total. The number of aryl methyl sites for hydroxylation is 1. The third-order valence-corrected chi connectivity index (χ3v) is 2.45. The third kappa shape index (κ3) is 2.59. The lowest BCUT2D eigenvalue weighted by Crippen LogP contribution is -2.29. The number of benzene rings is 1. The van der Waals surface area contributed by atoms with Crippen LogP contribution < -0.4 is 10.9 Å². The van der Waals surface area contributed by atoms with Gasteiger partial charge < -0.3 is 10.4 Å². The van der Waals surface area contributed by atoms with Gasteiger partial charge in [-0.1, -0.05) is 0 Å². The number of carbonyl (C=O) groups is 1. The second-order valence-electron chi connectivity index (χ2n) is 3.79. The van der Waals surface area contributed by atoms with E-state index in [9.17, 15) is 19.1 Å². The number of hydrogen-bond donors (Lipinski definition) is 2. The van der Waals surface area contributed by atoms with Crippen LogP contribution in [0.1, 0.15) is 10.4 Å². The zero-order valence-electron chi connectivity index (χ0n) is 9.92. The summed E-state index contributed by atoms with van der Waals surface area (Å²) in [6.45, 7) is 0. The Balaban J connectivity index is 2.33. The van der Waals surface area contributed by atoms with Crippen molar-refractivity contribution in [3.63, 3.8) is 0 Å². The maximum atomic E-state index is 12.7. The van der Waals surface area contributed by atoms with E-state index in [1.807, 2.05) is 0 Å². The van der Waals surface area contributed by atoms with Gasteiger partial charge >= 0.3 is 0 Å². The average Bonchev–Trinajstić information content (AvgIpc) is 2.37. The first kappa shape index (κ1) is 12.7. The van der Waals surface area contributed by atoms with E-state index in [0.717, 1.165) is 10.9 Å². The van der Waals surface area contributed by atoms with Crippen molar-refractivity contribution in [3.05, 3.63) is 52.2 Å². The van der Waals surface area contributed by atoms with E-state index < -0.39 is 28.6 Å². The molecule has 0 aliphatic heterocycles. The minimum atomic E-state index is -0.785. The molecule has 98 valence electrons. The number of amides is 1. The van der Waals surface area contributed by atoms with Crippen LogP contribution in [0.25, 0.3) is 0 Å². The normalized spacial score (nSPS) is 10.2. The summed E-state index contributed by atoms with van der Waals surface area (Å²) in [6, 6.07) is 5.02. The summed E-state index contributed by atoms with van der Waals surface area (Å²) < 4.78 is 13.6. The van der Waals surface area contributed by atoms with Gasteiger partial charge in [-0.2, -0.15) is 5.10 Å². The summed E-state index contributed by atoms with van der Waals surface area (Å²) in [5.74, 6) is -1.74. The summed E-state index contributed by atoms with van der Waals surface area (Å²) in [6.07, 6.45) is 1.00. The lowest BCUT2D eigenvalue weighted by Gasteiger charge is -2.07. The highest BCUT2D eigenvalue weighted by atomic mass is 19.1. The van der Waals surface area contributed by atoms with Gasteiger partial charge in [-0.25, -0.2) is 9.07 Å². The zero-order valence-corrected chi connectivity index (χ0v) is 9.92. The molecule has 0 unspecified atom stereocenters. The van der Waals surface area contributed by atoms with Gasteiger partial charge in [0.25, 0.3) is 11.5 Å². The van der Waals surface area contributed by atoms with E-state index in [1.54, 1.807) is 0 Å². The van der Waals surface area contributed by atoms with E-state index >= 15 is 0 Å². The minimum Gasteiger partial charge on any atom is -0.505 e. The molecule has 2 rings (SSSR count). The Hall–Kier alpha value is -2.70. The fraction of sp³-hybridized carbons (Fsp3) is 0.0833. The smallest absolute Gasteiger partial charge is 0.283 e. The van der Waals surface area contributed by atoms with Crippen molar-refractivity contribution < 1.29 is 14.3 Å². The summed E-state index contributed by atoms with van der Waals surface area (Å²) in [7, 11) is 1.36. The summed E-state index contributed by atoms with van der Waals surface area (Å²) in [5, 5.41) is 15.5. The first-order valence-electron chi connectivity index (χ1n) is 5.31. The number of nitrogens with zero attached hydrogens (tertiary/aromatic N) is 2. The van der Waals surface area contributed by atoms with Crippen molar-refractivity contribution in [2.45, 2.75) is 0 Å². The number of rotatable bonds is 2. The van der Waals surface area contributed by atoms with Crippen LogP contribution >= 0.6 is 0 Å². The van der Waals surface area contributed by atoms with Crippen molar-refractivity contribution in [2.24, 2.45) is 7.05 Å². The molecule has 0 spiro atoms.